The molecule has 0 spiro atoms. The molecule has 4 heteroatoms. The van der Waals surface area contributed by atoms with Gasteiger partial charge in [0.2, 0.25) is 0 Å². The lowest BCUT2D eigenvalue weighted by atomic mass is 10.2. The molecule has 1 unspecified atom stereocenters. The Bertz CT molecular complexity index is 658. The monoisotopic (exact) mass is 332 g/mol. The van der Waals surface area contributed by atoms with Gasteiger partial charge in [-0.25, -0.2) is 4.98 Å². The molecule has 0 fully saturated rings. The average molecular weight is 333 g/mol. The summed E-state index contributed by atoms with van der Waals surface area (Å²) in [5.41, 5.74) is 1.04. The zero-order valence-corrected chi connectivity index (χ0v) is 12.8. The highest BCUT2D eigenvalue weighted by atomic mass is 79.9. The number of benzene rings is 1. The van der Waals surface area contributed by atoms with Crippen LogP contribution in [0.1, 0.15) is 17.8 Å². The summed E-state index contributed by atoms with van der Waals surface area (Å²) in [4.78, 5) is 5.56. The fourth-order valence-corrected chi connectivity index (χ4v) is 3.30. The number of pyridine rings is 1. The lowest BCUT2D eigenvalue weighted by molar-refractivity contribution is 0.906. The molecule has 0 radical (unpaired) electrons. The van der Waals surface area contributed by atoms with Crippen molar-refractivity contribution in [3.05, 3.63) is 58.1 Å². The fourth-order valence-electron chi connectivity index (χ4n) is 2.00. The Morgan fingerprint density at radius 3 is 2.79 bits per heavy atom. The van der Waals surface area contributed by atoms with Crippen LogP contribution in [0.15, 0.2) is 53.3 Å². The Balaban J connectivity index is 1.83. The second-order valence-corrected chi connectivity index (χ2v) is 6.35. The highest BCUT2D eigenvalue weighted by Gasteiger charge is 2.09. The van der Waals surface area contributed by atoms with Crippen LogP contribution in [-0.2, 0) is 0 Å². The number of nitrogens with one attached hydrogen (secondary N) is 1. The number of nitrogens with zero attached hydrogens (tertiary/aromatic N) is 1. The van der Waals surface area contributed by atoms with Gasteiger partial charge in [0.25, 0.3) is 0 Å². The molecule has 0 aliphatic heterocycles. The first-order valence-electron chi connectivity index (χ1n) is 6.09. The Morgan fingerprint density at radius 2 is 2.05 bits per heavy atom. The van der Waals surface area contributed by atoms with Crippen LogP contribution in [0.25, 0.3) is 10.1 Å². The van der Waals surface area contributed by atoms with E-state index in [0.717, 1.165) is 10.3 Å². The molecule has 19 heavy (non-hydrogen) atoms. The van der Waals surface area contributed by atoms with Crippen molar-refractivity contribution < 1.29 is 0 Å². The molecule has 2 aromatic heterocycles. The first kappa shape index (κ1) is 12.6. The molecule has 3 rings (SSSR count). The van der Waals surface area contributed by atoms with E-state index >= 15 is 0 Å². The highest BCUT2D eigenvalue weighted by Crippen LogP contribution is 2.31. The van der Waals surface area contributed by atoms with E-state index in [4.69, 9.17) is 0 Å². The van der Waals surface area contributed by atoms with E-state index in [1.54, 1.807) is 0 Å². The van der Waals surface area contributed by atoms with E-state index in [1.165, 1.54) is 15.0 Å². The fraction of sp³-hybridized carbons (Fsp3) is 0.133. The zero-order chi connectivity index (χ0) is 13.2. The van der Waals surface area contributed by atoms with Crippen molar-refractivity contribution in [2.75, 3.05) is 5.32 Å². The van der Waals surface area contributed by atoms with Gasteiger partial charge in [-0.05, 0) is 52.5 Å². The second-order valence-electron chi connectivity index (χ2n) is 4.42. The maximum atomic E-state index is 4.23. The Hall–Kier alpha value is -1.39. The van der Waals surface area contributed by atoms with Gasteiger partial charge in [0, 0.05) is 9.58 Å². The molecule has 1 atom stereocenters. The van der Waals surface area contributed by atoms with E-state index in [0.29, 0.717) is 0 Å². The average Bonchev–Trinajstić information content (AvgIpc) is 2.85. The van der Waals surface area contributed by atoms with Crippen molar-refractivity contribution in [1.82, 2.24) is 4.98 Å². The van der Waals surface area contributed by atoms with Gasteiger partial charge in [-0.15, -0.1) is 11.3 Å². The molecule has 0 bridgehead atoms. The number of aromatic nitrogens is 1. The van der Waals surface area contributed by atoms with Crippen LogP contribution in [0.5, 0.6) is 0 Å². The van der Waals surface area contributed by atoms with Crippen LogP contribution in [0.3, 0.4) is 0 Å². The SMILES string of the molecule is CC(Nc1ccc(Br)nc1)c1cc2ccccc2s1. The molecular weight excluding hydrogens is 320 g/mol. The van der Waals surface area contributed by atoms with E-state index in [9.17, 15) is 0 Å². The Kier molecular flexibility index (Phi) is 3.53. The molecule has 2 heterocycles. The molecule has 3 aromatic rings. The van der Waals surface area contributed by atoms with Crippen molar-refractivity contribution in [2.45, 2.75) is 13.0 Å². The third-order valence-electron chi connectivity index (χ3n) is 2.98. The van der Waals surface area contributed by atoms with Gasteiger partial charge in [0.15, 0.2) is 0 Å². The summed E-state index contributed by atoms with van der Waals surface area (Å²) in [5, 5.41) is 4.78. The maximum absolute atomic E-state index is 4.23. The van der Waals surface area contributed by atoms with Gasteiger partial charge >= 0.3 is 0 Å². The van der Waals surface area contributed by atoms with Gasteiger partial charge in [0.05, 0.1) is 17.9 Å². The number of thiophene rings is 1. The van der Waals surface area contributed by atoms with Crippen LogP contribution in [-0.4, -0.2) is 4.98 Å². The number of hydrogen-bond acceptors (Lipinski definition) is 3. The quantitative estimate of drug-likeness (QED) is 0.664. The van der Waals surface area contributed by atoms with Crippen LogP contribution >= 0.6 is 27.3 Å². The molecule has 2 nitrogen and oxygen atoms in total. The Morgan fingerprint density at radius 1 is 1.21 bits per heavy atom. The van der Waals surface area contributed by atoms with E-state index in [2.05, 4.69) is 63.5 Å². The van der Waals surface area contributed by atoms with Crippen LogP contribution in [0.4, 0.5) is 5.69 Å². The number of halogens is 1. The van der Waals surface area contributed by atoms with Gasteiger partial charge in [-0.3, -0.25) is 0 Å². The summed E-state index contributed by atoms with van der Waals surface area (Å²) in [5.74, 6) is 0. The maximum Gasteiger partial charge on any atom is 0.106 e. The normalized spacial score (nSPS) is 12.5. The predicted octanol–water partition coefficient (Wildman–Crippen LogP) is 5.23. The van der Waals surface area contributed by atoms with Gasteiger partial charge in [-0.2, -0.15) is 0 Å². The molecule has 1 aromatic carbocycles. The number of rotatable bonds is 3. The van der Waals surface area contributed by atoms with Gasteiger partial charge in [0.1, 0.15) is 4.60 Å². The molecule has 1 N–H and O–H groups in total. The van der Waals surface area contributed by atoms with Crippen LogP contribution < -0.4 is 5.32 Å². The molecule has 0 saturated carbocycles. The molecule has 0 saturated heterocycles. The summed E-state index contributed by atoms with van der Waals surface area (Å²) in [6.07, 6.45) is 1.84. The minimum Gasteiger partial charge on any atom is -0.376 e. The van der Waals surface area contributed by atoms with E-state index in [-0.39, 0.29) is 6.04 Å². The molecule has 0 aliphatic rings. The van der Waals surface area contributed by atoms with Crippen molar-refractivity contribution in [1.29, 1.82) is 0 Å². The van der Waals surface area contributed by atoms with Crippen molar-refractivity contribution in [3.8, 4) is 0 Å². The summed E-state index contributed by atoms with van der Waals surface area (Å²) < 4.78 is 2.19. The smallest absolute Gasteiger partial charge is 0.106 e. The molecule has 0 aliphatic carbocycles. The van der Waals surface area contributed by atoms with E-state index < -0.39 is 0 Å². The second kappa shape index (κ2) is 5.31. The molecular formula is C15H13BrN2S. The standard InChI is InChI=1S/C15H13BrN2S/c1-10(18-12-6-7-15(16)17-9-12)14-8-11-4-2-3-5-13(11)19-14/h2-10,18H,1H3. The minimum absolute atomic E-state index is 0.278. The minimum atomic E-state index is 0.278. The Labute approximate surface area is 124 Å². The number of hydrogen-bond donors (Lipinski definition) is 1. The summed E-state index contributed by atoms with van der Waals surface area (Å²) in [6, 6.07) is 15.0. The van der Waals surface area contributed by atoms with Crippen molar-refractivity contribution in [2.24, 2.45) is 0 Å². The van der Waals surface area contributed by atoms with E-state index in [1.807, 2.05) is 29.7 Å². The summed E-state index contributed by atoms with van der Waals surface area (Å²) in [6.45, 7) is 2.17. The third kappa shape index (κ3) is 2.80. The van der Waals surface area contributed by atoms with Crippen LogP contribution in [0, 0.1) is 0 Å². The predicted molar refractivity (Wildman–Crippen MR) is 85.8 cm³/mol. The third-order valence-corrected chi connectivity index (χ3v) is 4.75. The molecule has 96 valence electrons. The largest absolute Gasteiger partial charge is 0.376 e. The molecule has 0 amide bonds. The lowest BCUT2D eigenvalue weighted by Crippen LogP contribution is -2.04. The van der Waals surface area contributed by atoms with Gasteiger partial charge < -0.3 is 5.32 Å². The summed E-state index contributed by atoms with van der Waals surface area (Å²) in [7, 11) is 0. The van der Waals surface area contributed by atoms with Crippen molar-refractivity contribution in [3.63, 3.8) is 0 Å². The lowest BCUT2D eigenvalue weighted by Gasteiger charge is -2.13. The topological polar surface area (TPSA) is 24.9 Å². The number of anilines is 1. The first-order chi connectivity index (χ1) is 9.22. The van der Waals surface area contributed by atoms with Crippen molar-refractivity contribution >= 4 is 43.0 Å². The highest BCUT2D eigenvalue weighted by molar-refractivity contribution is 9.10. The van der Waals surface area contributed by atoms with Crippen LogP contribution in [0.2, 0.25) is 0 Å². The van der Waals surface area contributed by atoms with Gasteiger partial charge in [-0.1, -0.05) is 18.2 Å². The zero-order valence-electron chi connectivity index (χ0n) is 10.4. The number of fused-ring (bicyclic) bond motifs is 1. The first-order valence-corrected chi connectivity index (χ1v) is 7.70. The summed E-state index contributed by atoms with van der Waals surface area (Å²) >= 11 is 5.18.